The fraction of sp³-hybridized carbons (Fsp3) is 0.421. The highest BCUT2D eigenvalue weighted by molar-refractivity contribution is 9.10. The Balaban J connectivity index is 2.02. The molecule has 1 amide bonds. The summed E-state index contributed by atoms with van der Waals surface area (Å²) in [5.74, 6) is -0.989. The summed E-state index contributed by atoms with van der Waals surface area (Å²) in [6.45, 7) is 1.83. The summed E-state index contributed by atoms with van der Waals surface area (Å²) < 4.78 is 49.7. The van der Waals surface area contributed by atoms with E-state index in [1.54, 1.807) is 13.0 Å². The second-order valence-electron chi connectivity index (χ2n) is 7.29. The number of sulfone groups is 2. The maximum absolute atomic E-state index is 13.4. The first kappa shape index (κ1) is 24.1. The van der Waals surface area contributed by atoms with Gasteiger partial charge >= 0.3 is 0 Å². The van der Waals surface area contributed by atoms with Gasteiger partial charge in [0.2, 0.25) is 15.0 Å². The molecule has 1 fully saturated rings. The average Bonchev–Trinajstić information content (AvgIpc) is 3.05. The molecule has 1 aromatic heterocycles. The maximum atomic E-state index is 13.4. The van der Waals surface area contributed by atoms with E-state index in [1.807, 2.05) is 18.2 Å². The van der Waals surface area contributed by atoms with Gasteiger partial charge in [0.25, 0.3) is 5.91 Å². The molecule has 0 aliphatic carbocycles. The molecule has 31 heavy (non-hydrogen) atoms. The molecule has 0 N–H and O–H groups in total. The van der Waals surface area contributed by atoms with E-state index in [-0.39, 0.29) is 40.9 Å². The van der Waals surface area contributed by atoms with Crippen LogP contribution in [0.15, 0.2) is 40.1 Å². The highest BCUT2D eigenvalue weighted by Crippen LogP contribution is 2.25. The van der Waals surface area contributed by atoms with Crippen LogP contribution < -0.4 is 0 Å². The molecule has 0 saturated carbocycles. The molecule has 1 atom stereocenters. The summed E-state index contributed by atoms with van der Waals surface area (Å²) in [6, 6.07) is 6.70. The van der Waals surface area contributed by atoms with E-state index >= 15 is 0 Å². The molecule has 0 spiro atoms. The van der Waals surface area contributed by atoms with Crippen molar-refractivity contribution < 1.29 is 21.6 Å². The van der Waals surface area contributed by atoms with E-state index in [9.17, 15) is 21.6 Å². The molecule has 1 saturated heterocycles. The van der Waals surface area contributed by atoms with Crippen molar-refractivity contribution in [3.05, 3.63) is 51.2 Å². The van der Waals surface area contributed by atoms with Gasteiger partial charge in [-0.15, -0.1) is 0 Å². The summed E-state index contributed by atoms with van der Waals surface area (Å²) >= 11 is 9.55. The van der Waals surface area contributed by atoms with Crippen LogP contribution in [-0.2, 0) is 26.2 Å². The number of hydrogen-bond donors (Lipinski definition) is 0. The summed E-state index contributed by atoms with van der Waals surface area (Å²) in [4.78, 5) is 22.6. The van der Waals surface area contributed by atoms with Gasteiger partial charge in [-0.05, 0) is 30.5 Å². The zero-order valence-electron chi connectivity index (χ0n) is 16.7. The SMILES string of the molecule is CCCS(=O)(=O)c1ncc(Cl)c(C(=O)N(Cc2cccc(Br)c2)C2CCS(=O)(=O)C2)n1. The van der Waals surface area contributed by atoms with Crippen molar-refractivity contribution >= 4 is 53.1 Å². The minimum atomic E-state index is -3.76. The Labute approximate surface area is 195 Å². The number of nitrogens with zero attached hydrogens (tertiary/aromatic N) is 3. The van der Waals surface area contributed by atoms with Crippen LogP contribution in [0.5, 0.6) is 0 Å². The van der Waals surface area contributed by atoms with Crippen LogP contribution in [0.1, 0.15) is 35.8 Å². The Kier molecular flexibility index (Phi) is 7.39. The number of rotatable bonds is 7. The second kappa shape index (κ2) is 9.51. The molecule has 1 aliphatic heterocycles. The lowest BCUT2D eigenvalue weighted by atomic mass is 10.1. The van der Waals surface area contributed by atoms with Gasteiger partial charge in [0, 0.05) is 17.1 Å². The third kappa shape index (κ3) is 5.82. The maximum Gasteiger partial charge on any atom is 0.274 e. The van der Waals surface area contributed by atoms with Crippen LogP contribution in [0.4, 0.5) is 0 Å². The fourth-order valence-electron chi connectivity index (χ4n) is 3.37. The van der Waals surface area contributed by atoms with Crippen molar-refractivity contribution in [2.45, 2.75) is 37.5 Å². The molecule has 3 rings (SSSR count). The number of hydrogen-bond acceptors (Lipinski definition) is 7. The van der Waals surface area contributed by atoms with Gasteiger partial charge in [-0.1, -0.05) is 46.6 Å². The van der Waals surface area contributed by atoms with Gasteiger partial charge in [0.1, 0.15) is 0 Å². The van der Waals surface area contributed by atoms with Crippen molar-refractivity contribution in [3.8, 4) is 0 Å². The molecule has 1 aromatic carbocycles. The Morgan fingerprint density at radius 2 is 2.10 bits per heavy atom. The van der Waals surface area contributed by atoms with E-state index in [0.29, 0.717) is 6.42 Å². The first-order valence-corrected chi connectivity index (χ1v) is 14.2. The van der Waals surface area contributed by atoms with Crippen molar-refractivity contribution in [1.82, 2.24) is 14.9 Å². The standard InChI is InChI=1S/C19H21BrClN3O5S2/c1-2-7-31(28,29)19-22-10-16(21)17(23-19)18(25)24(15-6-8-30(26,27)12-15)11-13-4-3-5-14(20)9-13/h3-5,9-10,15H,2,6-8,11-12H2,1H3. The second-order valence-corrected chi connectivity index (χ2v) is 12.8. The number of benzene rings is 1. The lowest BCUT2D eigenvalue weighted by Gasteiger charge is -2.28. The van der Waals surface area contributed by atoms with Crippen LogP contribution >= 0.6 is 27.5 Å². The number of carbonyl (C=O) groups excluding carboxylic acids is 1. The molecule has 2 aromatic rings. The van der Waals surface area contributed by atoms with Gasteiger partial charge in [-0.2, -0.15) is 0 Å². The number of aromatic nitrogens is 2. The van der Waals surface area contributed by atoms with E-state index in [2.05, 4.69) is 25.9 Å². The first-order valence-electron chi connectivity index (χ1n) is 9.53. The lowest BCUT2D eigenvalue weighted by Crippen LogP contribution is -2.41. The highest BCUT2D eigenvalue weighted by atomic mass is 79.9. The van der Waals surface area contributed by atoms with E-state index in [4.69, 9.17) is 11.6 Å². The van der Waals surface area contributed by atoms with E-state index < -0.39 is 36.8 Å². The van der Waals surface area contributed by atoms with Crippen LogP contribution in [0.25, 0.3) is 0 Å². The molecule has 0 bridgehead atoms. The quantitative estimate of drug-likeness (QED) is 0.487. The third-order valence-electron chi connectivity index (χ3n) is 4.83. The van der Waals surface area contributed by atoms with E-state index in [0.717, 1.165) is 16.2 Å². The van der Waals surface area contributed by atoms with Crippen LogP contribution in [-0.4, -0.2) is 60.9 Å². The van der Waals surface area contributed by atoms with Crippen LogP contribution in [0.3, 0.4) is 0 Å². The number of carbonyl (C=O) groups is 1. The van der Waals surface area contributed by atoms with Crippen LogP contribution in [0.2, 0.25) is 5.02 Å². The molecule has 1 unspecified atom stereocenters. The van der Waals surface area contributed by atoms with Crippen LogP contribution in [0, 0.1) is 0 Å². The zero-order chi connectivity index (χ0) is 22.8. The molecule has 2 heterocycles. The number of halogens is 2. The Morgan fingerprint density at radius 1 is 1.35 bits per heavy atom. The molecule has 12 heteroatoms. The van der Waals surface area contributed by atoms with Crippen molar-refractivity contribution in [3.63, 3.8) is 0 Å². The third-order valence-corrected chi connectivity index (χ3v) is 9.05. The molecule has 1 aliphatic rings. The van der Waals surface area contributed by atoms with Crippen molar-refractivity contribution in [2.24, 2.45) is 0 Å². The smallest absolute Gasteiger partial charge is 0.274 e. The Hall–Kier alpha value is -1.56. The topological polar surface area (TPSA) is 114 Å². The Bertz CT molecular complexity index is 1200. The first-order chi connectivity index (χ1) is 14.5. The monoisotopic (exact) mass is 549 g/mol. The molecule has 8 nitrogen and oxygen atoms in total. The van der Waals surface area contributed by atoms with E-state index in [1.165, 1.54) is 4.90 Å². The molecule has 168 valence electrons. The predicted octanol–water partition coefficient (Wildman–Crippen LogP) is 2.91. The van der Waals surface area contributed by atoms with Crippen molar-refractivity contribution in [1.29, 1.82) is 0 Å². The van der Waals surface area contributed by atoms with Gasteiger partial charge in [-0.25, -0.2) is 26.8 Å². The van der Waals surface area contributed by atoms with Gasteiger partial charge in [-0.3, -0.25) is 4.79 Å². The highest BCUT2D eigenvalue weighted by Gasteiger charge is 2.36. The molecule has 0 radical (unpaired) electrons. The van der Waals surface area contributed by atoms with Gasteiger partial charge in [0.05, 0.1) is 28.5 Å². The fourth-order valence-corrected chi connectivity index (χ4v) is 6.88. The lowest BCUT2D eigenvalue weighted by molar-refractivity contribution is 0.0674. The normalized spacial score (nSPS) is 18.1. The summed E-state index contributed by atoms with van der Waals surface area (Å²) in [5, 5.41) is -0.566. The average molecular weight is 551 g/mol. The largest absolute Gasteiger partial charge is 0.329 e. The number of amides is 1. The van der Waals surface area contributed by atoms with Crippen molar-refractivity contribution in [2.75, 3.05) is 17.3 Å². The minimum absolute atomic E-state index is 0.0203. The summed E-state index contributed by atoms with van der Waals surface area (Å²) in [5.41, 5.74) is 0.515. The zero-order valence-corrected chi connectivity index (χ0v) is 20.6. The van der Waals surface area contributed by atoms with Gasteiger partial charge in [0.15, 0.2) is 15.5 Å². The minimum Gasteiger partial charge on any atom is -0.329 e. The predicted molar refractivity (Wildman–Crippen MR) is 120 cm³/mol. The summed E-state index contributed by atoms with van der Waals surface area (Å²) in [6.07, 6.45) is 1.74. The molecular formula is C19H21BrClN3O5S2. The van der Waals surface area contributed by atoms with Gasteiger partial charge < -0.3 is 4.90 Å². The Morgan fingerprint density at radius 3 is 2.71 bits per heavy atom. The molecular weight excluding hydrogens is 530 g/mol. The summed E-state index contributed by atoms with van der Waals surface area (Å²) in [7, 11) is -7.03.